The fraction of sp³-hybridized carbons (Fsp3) is 0.179. The number of carbonyl (C=O) groups is 1. The average molecular weight is 502 g/mol. The third kappa shape index (κ3) is 5.31. The summed E-state index contributed by atoms with van der Waals surface area (Å²) in [5, 5.41) is 6.17. The molecular formula is C28H25ClFN5O. The van der Waals surface area contributed by atoms with Crippen molar-refractivity contribution in [2.45, 2.75) is 19.3 Å². The highest BCUT2D eigenvalue weighted by Gasteiger charge is 2.21. The quantitative estimate of drug-likeness (QED) is 0.288. The van der Waals surface area contributed by atoms with Gasteiger partial charge < -0.3 is 15.5 Å². The van der Waals surface area contributed by atoms with E-state index in [4.69, 9.17) is 11.6 Å². The number of nitrogens with zero attached hydrogens (tertiary/aromatic N) is 3. The average Bonchev–Trinajstić information content (AvgIpc) is 3.13. The Kier molecular flexibility index (Phi) is 7.09. The molecule has 8 heteroatoms. The highest BCUT2D eigenvalue weighted by atomic mass is 35.5. The largest absolute Gasteiger partial charge is 0.338 e. The predicted molar refractivity (Wildman–Crippen MR) is 143 cm³/mol. The summed E-state index contributed by atoms with van der Waals surface area (Å²) in [6.07, 6.45) is 3.90. The molecule has 6 nitrogen and oxygen atoms in total. The van der Waals surface area contributed by atoms with Gasteiger partial charge in [0.05, 0.1) is 6.20 Å². The fourth-order valence-electron chi connectivity index (χ4n) is 4.30. The molecule has 4 aromatic rings. The second kappa shape index (κ2) is 10.7. The van der Waals surface area contributed by atoms with E-state index < -0.39 is 5.82 Å². The molecule has 5 rings (SSSR count). The SMILES string of the molecule is O=C(CCl)N1CCCCc2ccc(Nc3nc(Nc4ccc(-c5ccccc5)cc4)ncc3F)cc21. The zero-order chi connectivity index (χ0) is 24.9. The lowest BCUT2D eigenvalue weighted by Gasteiger charge is -2.23. The molecule has 0 atom stereocenters. The molecule has 2 heterocycles. The molecule has 1 aromatic heterocycles. The summed E-state index contributed by atoms with van der Waals surface area (Å²) in [7, 11) is 0. The topological polar surface area (TPSA) is 70.2 Å². The molecule has 182 valence electrons. The van der Waals surface area contributed by atoms with Crippen LogP contribution < -0.4 is 15.5 Å². The van der Waals surface area contributed by atoms with Gasteiger partial charge in [0.15, 0.2) is 11.6 Å². The Bertz CT molecular complexity index is 1360. The summed E-state index contributed by atoms with van der Waals surface area (Å²) < 4.78 is 14.6. The minimum atomic E-state index is -0.580. The van der Waals surface area contributed by atoms with Crippen molar-refractivity contribution in [3.63, 3.8) is 0 Å². The van der Waals surface area contributed by atoms with Crippen molar-refractivity contribution < 1.29 is 9.18 Å². The molecule has 0 bridgehead atoms. The number of amides is 1. The Balaban J connectivity index is 1.35. The van der Waals surface area contributed by atoms with Gasteiger partial charge in [-0.3, -0.25) is 4.79 Å². The Hall–Kier alpha value is -3.97. The van der Waals surface area contributed by atoms with Crippen LogP contribution in [0, 0.1) is 5.82 Å². The Morgan fingerprint density at radius 1 is 0.944 bits per heavy atom. The molecule has 2 N–H and O–H groups in total. The smallest absolute Gasteiger partial charge is 0.241 e. The first-order valence-electron chi connectivity index (χ1n) is 11.8. The van der Waals surface area contributed by atoms with Crippen molar-refractivity contribution >= 4 is 46.3 Å². The van der Waals surface area contributed by atoms with Crippen LogP contribution in [-0.2, 0) is 11.2 Å². The first-order chi connectivity index (χ1) is 17.6. The van der Waals surface area contributed by atoms with Crippen LogP contribution in [0.15, 0.2) is 79.0 Å². The van der Waals surface area contributed by atoms with Gasteiger partial charge in [-0.1, -0.05) is 48.5 Å². The number of aromatic nitrogens is 2. The molecule has 0 aliphatic carbocycles. The maximum atomic E-state index is 14.6. The van der Waals surface area contributed by atoms with Crippen molar-refractivity contribution in [1.82, 2.24) is 9.97 Å². The third-order valence-electron chi connectivity index (χ3n) is 6.12. The van der Waals surface area contributed by atoms with Crippen molar-refractivity contribution in [2.75, 3.05) is 28.0 Å². The number of hydrogen-bond donors (Lipinski definition) is 2. The second-order valence-corrected chi connectivity index (χ2v) is 8.83. The van der Waals surface area contributed by atoms with Crippen LogP contribution in [0.1, 0.15) is 18.4 Å². The molecule has 0 saturated carbocycles. The van der Waals surface area contributed by atoms with E-state index in [1.807, 2.05) is 60.7 Å². The normalized spacial score (nSPS) is 13.0. The molecule has 0 saturated heterocycles. The molecule has 1 amide bonds. The lowest BCUT2D eigenvalue weighted by molar-refractivity contribution is -0.116. The molecule has 3 aromatic carbocycles. The highest BCUT2D eigenvalue weighted by molar-refractivity contribution is 6.29. The van der Waals surface area contributed by atoms with Crippen LogP contribution in [0.25, 0.3) is 11.1 Å². The third-order valence-corrected chi connectivity index (χ3v) is 6.35. The Morgan fingerprint density at radius 2 is 1.69 bits per heavy atom. The van der Waals surface area contributed by atoms with Gasteiger partial charge in [0.2, 0.25) is 11.9 Å². The van der Waals surface area contributed by atoms with Gasteiger partial charge in [-0.2, -0.15) is 4.98 Å². The number of benzene rings is 3. The monoisotopic (exact) mass is 501 g/mol. The maximum Gasteiger partial charge on any atom is 0.241 e. The van der Waals surface area contributed by atoms with Gasteiger partial charge in [-0.25, -0.2) is 9.37 Å². The van der Waals surface area contributed by atoms with Crippen LogP contribution in [0.2, 0.25) is 0 Å². The van der Waals surface area contributed by atoms with E-state index in [1.165, 1.54) is 0 Å². The Labute approximate surface area is 214 Å². The van der Waals surface area contributed by atoms with E-state index in [0.29, 0.717) is 12.2 Å². The van der Waals surface area contributed by atoms with Crippen LogP contribution in [0.5, 0.6) is 0 Å². The number of anilines is 5. The number of alkyl halides is 1. The van der Waals surface area contributed by atoms with E-state index in [0.717, 1.165) is 53.5 Å². The van der Waals surface area contributed by atoms with Crippen molar-refractivity contribution in [3.8, 4) is 11.1 Å². The molecule has 0 spiro atoms. The van der Waals surface area contributed by atoms with Gasteiger partial charge in [0.25, 0.3) is 0 Å². The Morgan fingerprint density at radius 3 is 2.47 bits per heavy atom. The van der Waals surface area contributed by atoms with Gasteiger partial charge in [0, 0.05) is 23.6 Å². The molecule has 0 radical (unpaired) electrons. The van der Waals surface area contributed by atoms with Gasteiger partial charge in [0.1, 0.15) is 5.88 Å². The first-order valence-corrected chi connectivity index (χ1v) is 12.4. The maximum absolute atomic E-state index is 14.6. The highest BCUT2D eigenvalue weighted by Crippen LogP contribution is 2.31. The molecule has 36 heavy (non-hydrogen) atoms. The van der Waals surface area contributed by atoms with Gasteiger partial charge in [-0.15, -0.1) is 11.6 Å². The van der Waals surface area contributed by atoms with E-state index in [1.54, 1.807) is 4.90 Å². The lowest BCUT2D eigenvalue weighted by atomic mass is 10.1. The summed E-state index contributed by atoms with van der Waals surface area (Å²) in [4.78, 5) is 22.5. The molecule has 0 unspecified atom stereocenters. The van der Waals surface area contributed by atoms with Crippen LogP contribution in [0.3, 0.4) is 0 Å². The van der Waals surface area contributed by atoms with Crippen molar-refractivity contribution in [2.24, 2.45) is 0 Å². The number of rotatable bonds is 6. The summed E-state index contributed by atoms with van der Waals surface area (Å²) in [5.74, 6) is -0.505. The molecule has 1 aliphatic rings. The molecule has 1 aliphatic heterocycles. The molecular weight excluding hydrogens is 477 g/mol. The minimum absolute atomic E-state index is 0.0391. The summed E-state index contributed by atoms with van der Waals surface area (Å²) in [6, 6.07) is 23.6. The summed E-state index contributed by atoms with van der Waals surface area (Å²) >= 11 is 5.84. The number of carbonyl (C=O) groups excluding carboxylic acids is 1. The van der Waals surface area contributed by atoms with Gasteiger partial charge >= 0.3 is 0 Å². The number of halogens is 2. The van der Waals surface area contributed by atoms with E-state index in [9.17, 15) is 9.18 Å². The van der Waals surface area contributed by atoms with Crippen LogP contribution in [0.4, 0.5) is 33.2 Å². The lowest BCUT2D eigenvalue weighted by Crippen LogP contribution is -2.32. The van der Waals surface area contributed by atoms with Crippen LogP contribution in [-0.4, -0.2) is 28.3 Å². The zero-order valence-electron chi connectivity index (χ0n) is 19.5. The van der Waals surface area contributed by atoms with Crippen molar-refractivity contribution in [3.05, 3.63) is 90.4 Å². The zero-order valence-corrected chi connectivity index (χ0v) is 20.3. The number of hydrogen-bond acceptors (Lipinski definition) is 5. The number of aryl methyl sites for hydroxylation is 1. The van der Waals surface area contributed by atoms with Crippen LogP contribution >= 0.6 is 11.6 Å². The molecule has 0 fully saturated rings. The van der Waals surface area contributed by atoms with Crippen molar-refractivity contribution in [1.29, 1.82) is 0 Å². The van der Waals surface area contributed by atoms with Gasteiger partial charge in [-0.05, 0) is 60.2 Å². The standard InChI is InChI=1S/C28H25ClFN5O/c29-17-26(36)35-15-5-4-8-21-11-14-23(16-25(21)35)32-27-24(30)18-31-28(34-27)33-22-12-9-20(10-13-22)19-6-2-1-3-7-19/h1-3,6-7,9-14,16,18H,4-5,8,15,17H2,(H2,31,32,33,34). The van der Waals surface area contributed by atoms with E-state index in [2.05, 4.69) is 32.7 Å². The second-order valence-electron chi connectivity index (χ2n) is 8.56. The number of nitrogens with one attached hydrogen (secondary N) is 2. The summed E-state index contributed by atoms with van der Waals surface area (Å²) in [6.45, 7) is 0.612. The van der Waals surface area contributed by atoms with E-state index in [-0.39, 0.29) is 23.6 Å². The minimum Gasteiger partial charge on any atom is -0.338 e. The first kappa shape index (κ1) is 23.8. The van der Waals surface area contributed by atoms with E-state index >= 15 is 0 Å². The fourth-order valence-corrected chi connectivity index (χ4v) is 4.44. The summed E-state index contributed by atoms with van der Waals surface area (Å²) in [5.41, 5.74) is 5.50. The number of fused-ring (bicyclic) bond motifs is 1. The predicted octanol–water partition coefficient (Wildman–Crippen LogP) is 6.68.